The molecule has 0 aliphatic heterocycles. The van der Waals surface area contributed by atoms with Crippen LogP contribution in [-0.2, 0) is 16.6 Å². The molecule has 0 fully saturated rings. The topological polar surface area (TPSA) is 85.3 Å². The number of furan rings is 1. The van der Waals surface area contributed by atoms with E-state index < -0.39 is 10.0 Å². The molecule has 0 atom stereocenters. The summed E-state index contributed by atoms with van der Waals surface area (Å²) < 4.78 is 31.0. The molecule has 1 aromatic heterocycles. The molecule has 3 N–H and O–H groups in total. The van der Waals surface area contributed by atoms with Crippen LogP contribution < -0.4 is 10.5 Å². The van der Waals surface area contributed by atoms with Crippen LogP contribution >= 0.6 is 15.9 Å². The second-order valence-electron chi connectivity index (χ2n) is 2.77. The zero-order valence-corrected chi connectivity index (χ0v) is 10.3. The van der Waals surface area contributed by atoms with Crippen molar-refractivity contribution in [2.24, 2.45) is 5.73 Å². The lowest BCUT2D eigenvalue weighted by Gasteiger charge is -2.02. The van der Waals surface area contributed by atoms with Gasteiger partial charge in [-0.25, -0.2) is 13.1 Å². The highest BCUT2D eigenvalue weighted by Crippen LogP contribution is 2.13. The SMILES string of the molecule is C=C(Br)CNS(=O)(=O)c1ccc(CN)o1. The molecule has 1 aromatic rings. The van der Waals surface area contributed by atoms with Crippen LogP contribution in [0.2, 0.25) is 0 Å². The maximum Gasteiger partial charge on any atom is 0.274 e. The van der Waals surface area contributed by atoms with Crippen molar-refractivity contribution in [3.8, 4) is 0 Å². The molecule has 5 nitrogen and oxygen atoms in total. The Kier molecular flexibility index (Phi) is 4.09. The number of nitrogens with two attached hydrogens (primary N) is 1. The maximum atomic E-state index is 11.6. The van der Waals surface area contributed by atoms with Crippen molar-refractivity contribution in [1.29, 1.82) is 0 Å². The minimum absolute atomic E-state index is 0.112. The Morgan fingerprint density at radius 3 is 2.73 bits per heavy atom. The fraction of sp³-hybridized carbons (Fsp3) is 0.250. The summed E-state index contributed by atoms with van der Waals surface area (Å²) in [7, 11) is -3.61. The standard InChI is InChI=1S/C8H11BrN2O3S/c1-6(9)5-11-15(12,13)8-3-2-7(4-10)14-8/h2-3,11H,1,4-5,10H2. The van der Waals surface area contributed by atoms with Gasteiger partial charge in [0.25, 0.3) is 10.0 Å². The van der Waals surface area contributed by atoms with E-state index in [9.17, 15) is 8.42 Å². The molecule has 0 aliphatic rings. The van der Waals surface area contributed by atoms with Gasteiger partial charge in [0.2, 0.25) is 5.09 Å². The molecule has 0 saturated carbocycles. The third-order valence-electron chi connectivity index (χ3n) is 1.56. The van der Waals surface area contributed by atoms with Crippen molar-refractivity contribution < 1.29 is 12.8 Å². The lowest BCUT2D eigenvalue weighted by atomic mass is 10.5. The van der Waals surface area contributed by atoms with Gasteiger partial charge in [-0.15, -0.1) is 0 Å². The van der Waals surface area contributed by atoms with Gasteiger partial charge < -0.3 is 10.2 Å². The molecule has 84 valence electrons. The number of sulfonamides is 1. The minimum atomic E-state index is -3.61. The van der Waals surface area contributed by atoms with Crippen LogP contribution in [0.3, 0.4) is 0 Å². The van der Waals surface area contributed by atoms with E-state index in [1.54, 1.807) is 0 Å². The average molecular weight is 295 g/mol. The van der Waals surface area contributed by atoms with Gasteiger partial charge in [-0.05, 0) is 12.1 Å². The van der Waals surface area contributed by atoms with Gasteiger partial charge in [-0.3, -0.25) is 0 Å². The normalized spacial score (nSPS) is 11.6. The number of nitrogens with one attached hydrogen (secondary N) is 1. The predicted molar refractivity (Wildman–Crippen MR) is 59.9 cm³/mol. The van der Waals surface area contributed by atoms with E-state index in [-0.39, 0.29) is 18.2 Å². The van der Waals surface area contributed by atoms with Crippen LogP contribution in [-0.4, -0.2) is 15.0 Å². The van der Waals surface area contributed by atoms with Gasteiger partial charge in [0.1, 0.15) is 5.76 Å². The smallest absolute Gasteiger partial charge is 0.274 e. The third-order valence-corrected chi connectivity index (χ3v) is 3.11. The zero-order valence-electron chi connectivity index (χ0n) is 7.86. The van der Waals surface area contributed by atoms with Crippen molar-refractivity contribution in [1.82, 2.24) is 4.72 Å². The van der Waals surface area contributed by atoms with E-state index in [0.717, 1.165) is 0 Å². The number of hydrogen-bond acceptors (Lipinski definition) is 4. The Bertz CT molecular complexity index is 452. The molecule has 0 saturated heterocycles. The fourth-order valence-electron chi connectivity index (χ4n) is 0.857. The molecule has 7 heteroatoms. The summed E-state index contributed by atoms with van der Waals surface area (Å²) in [6, 6.07) is 2.89. The van der Waals surface area contributed by atoms with Crippen molar-refractivity contribution in [2.45, 2.75) is 11.6 Å². The lowest BCUT2D eigenvalue weighted by Crippen LogP contribution is -2.24. The van der Waals surface area contributed by atoms with Crippen molar-refractivity contribution in [3.63, 3.8) is 0 Å². The maximum absolute atomic E-state index is 11.6. The highest BCUT2D eigenvalue weighted by molar-refractivity contribution is 9.11. The molecule has 0 bridgehead atoms. The third kappa shape index (κ3) is 3.45. The Labute approximate surface area is 96.5 Å². The summed E-state index contributed by atoms with van der Waals surface area (Å²) in [5.74, 6) is 0.424. The molecule has 0 spiro atoms. The van der Waals surface area contributed by atoms with Crippen LogP contribution in [0.15, 0.2) is 32.7 Å². The van der Waals surface area contributed by atoms with Crippen molar-refractivity contribution >= 4 is 26.0 Å². The quantitative estimate of drug-likeness (QED) is 0.846. The van der Waals surface area contributed by atoms with E-state index in [2.05, 4.69) is 27.2 Å². The van der Waals surface area contributed by atoms with E-state index >= 15 is 0 Å². The molecule has 1 rings (SSSR count). The zero-order chi connectivity index (χ0) is 11.5. The Morgan fingerprint density at radius 2 is 2.27 bits per heavy atom. The number of hydrogen-bond donors (Lipinski definition) is 2. The van der Waals surface area contributed by atoms with Gasteiger partial charge >= 0.3 is 0 Å². The second kappa shape index (κ2) is 4.93. The van der Waals surface area contributed by atoms with E-state index in [1.165, 1.54) is 12.1 Å². The Hall–Kier alpha value is -0.630. The van der Waals surface area contributed by atoms with Crippen LogP contribution in [0.5, 0.6) is 0 Å². The monoisotopic (exact) mass is 294 g/mol. The molecule has 15 heavy (non-hydrogen) atoms. The summed E-state index contributed by atoms with van der Waals surface area (Å²) in [6.45, 7) is 3.79. The average Bonchev–Trinajstić information content (AvgIpc) is 2.63. The largest absolute Gasteiger partial charge is 0.447 e. The summed E-state index contributed by atoms with van der Waals surface area (Å²) in [5, 5.41) is -0.142. The highest BCUT2D eigenvalue weighted by atomic mass is 79.9. The molecular weight excluding hydrogens is 284 g/mol. The van der Waals surface area contributed by atoms with E-state index in [0.29, 0.717) is 10.2 Å². The molecule has 0 radical (unpaired) electrons. The molecule has 0 aromatic carbocycles. The number of rotatable bonds is 5. The van der Waals surface area contributed by atoms with Gasteiger partial charge in [-0.2, -0.15) is 0 Å². The summed E-state index contributed by atoms with van der Waals surface area (Å²) in [6.07, 6.45) is 0. The van der Waals surface area contributed by atoms with Crippen molar-refractivity contribution in [2.75, 3.05) is 6.54 Å². The van der Waals surface area contributed by atoms with Crippen molar-refractivity contribution in [3.05, 3.63) is 29.0 Å². The molecule has 1 heterocycles. The van der Waals surface area contributed by atoms with Crippen LogP contribution in [0, 0.1) is 0 Å². The first kappa shape index (κ1) is 12.4. The summed E-state index contributed by atoms with van der Waals surface area (Å²) >= 11 is 3.05. The summed E-state index contributed by atoms with van der Waals surface area (Å²) in [4.78, 5) is 0. The van der Waals surface area contributed by atoms with E-state index in [1.807, 2.05) is 0 Å². The number of halogens is 1. The minimum Gasteiger partial charge on any atom is -0.447 e. The lowest BCUT2D eigenvalue weighted by molar-refractivity contribution is 0.413. The van der Waals surface area contributed by atoms with Crippen LogP contribution in [0.1, 0.15) is 5.76 Å². The van der Waals surface area contributed by atoms with Gasteiger partial charge in [0.15, 0.2) is 0 Å². The fourth-order valence-corrected chi connectivity index (χ4v) is 2.15. The second-order valence-corrected chi connectivity index (χ2v) is 5.59. The molecule has 0 amide bonds. The molecular formula is C8H11BrN2O3S. The predicted octanol–water partition coefficient (Wildman–Crippen LogP) is 0.925. The Morgan fingerprint density at radius 1 is 1.60 bits per heavy atom. The van der Waals surface area contributed by atoms with Gasteiger partial charge in [0, 0.05) is 11.0 Å². The van der Waals surface area contributed by atoms with Crippen LogP contribution in [0.4, 0.5) is 0 Å². The van der Waals surface area contributed by atoms with Gasteiger partial charge in [0.05, 0.1) is 6.54 Å². The first-order valence-electron chi connectivity index (χ1n) is 4.07. The molecule has 0 unspecified atom stereocenters. The van der Waals surface area contributed by atoms with E-state index in [4.69, 9.17) is 10.2 Å². The first-order valence-corrected chi connectivity index (χ1v) is 6.35. The highest BCUT2D eigenvalue weighted by Gasteiger charge is 2.17. The summed E-state index contributed by atoms with van der Waals surface area (Å²) in [5.41, 5.74) is 5.30. The first-order chi connectivity index (χ1) is 6.95. The molecule has 0 aliphatic carbocycles. The van der Waals surface area contributed by atoms with Gasteiger partial charge in [-0.1, -0.05) is 22.5 Å². The Balaban J connectivity index is 2.81. The van der Waals surface area contributed by atoms with Crippen LogP contribution in [0.25, 0.3) is 0 Å².